The summed E-state index contributed by atoms with van der Waals surface area (Å²) < 4.78 is 31.2. The lowest BCUT2D eigenvalue weighted by Gasteiger charge is -2.26. The highest BCUT2D eigenvalue weighted by atomic mass is 19.1. The quantitative estimate of drug-likeness (QED) is 0.713. The lowest BCUT2D eigenvalue weighted by atomic mass is 9.86. The molecule has 0 fully saturated rings. The molecule has 2 heterocycles. The van der Waals surface area contributed by atoms with Gasteiger partial charge in [-0.3, -0.25) is 4.79 Å². The van der Waals surface area contributed by atoms with E-state index in [-0.39, 0.29) is 24.1 Å². The van der Waals surface area contributed by atoms with Crippen molar-refractivity contribution in [3.63, 3.8) is 0 Å². The minimum Gasteiger partial charge on any atom is -0.496 e. The first-order valence-corrected chi connectivity index (χ1v) is 8.99. The van der Waals surface area contributed by atoms with Gasteiger partial charge in [0.1, 0.15) is 17.4 Å². The van der Waals surface area contributed by atoms with E-state index in [1.54, 1.807) is 50.4 Å². The van der Waals surface area contributed by atoms with Gasteiger partial charge in [0.05, 0.1) is 33.2 Å². The molecule has 1 aliphatic rings. The molecule has 0 saturated carbocycles. The van der Waals surface area contributed by atoms with E-state index in [1.807, 2.05) is 6.07 Å². The number of hydrogen-bond acceptors (Lipinski definition) is 5. The average Bonchev–Trinajstić information content (AvgIpc) is 3.16. The third kappa shape index (κ3) is 3.26. The molecule has 0 radical (unpaired) electrons. The van der Waals surface area contributed by atoms with Gasteiger partial charge in [0.2, 0.25) is 5.91 Å². The van der Waals surface area contributed by atoms with Crippen LogP contribution in [0.1, 0.15) is 23.5 Å². The molecule has 0 bridgehead atoms. The van der Waals surface area contributed by atoms with Gasteiger partial charge in [-0.05, 0) is 30.3 Å². The molecule has 4 rings (SSSR count). The average molecular weight is 397 g/mol. The van der Waals surface area contributed by atoms with Crippen LogP contribution in [0.4, 0.5) is 10.2 Å². The second-order valence-electron chi connectivity index (χ2n) is 6.59. The van der Waals surface area contributed by atoms with Gasteiger partial charge in [0.15, 0.2) is 11.5 Å². The maximum atomic E-state index is 13.3. The van der Waals surface area contributed by atoms with Crippen molar-refractivity contribution >= 4 is 11.7 Å². The summed E-state index contributed by atoms with van der Waals surface area (Å²) in [6.45, 7) is 0. The molecule has 1 aromatic heterocycles. The summed E-state index contributed by atoms with van der Waals surface area (Å²) in [6, 6.07) is 9.47. The first-order chi connectivity index (χ1) is 14.0. The molecule has 0 aliphatic carbocycles. The Morgan fingerprint density at radius 3 is 2.31 bits per heavy atom. The van der Waals surface area contributed by atoms with Gasteiger partial charge >= 0.3 is 0 Å². The van der Waals surface area contributed by atoms with Crippen LogP contribution < -0.4 is 19.5 Å². The third-order valence-corrected chi connectivity index (χ3v) is 5.00. The molecule has 3 aromatic rings. The van der Waals surface area contributed by atoms with Crippen LogP contribution in [0.5, 0.6) is 17.2 Å². The molecule has 0 saturated heterocycles. The highest BCUT2D eigenvalue weighted by molar-refractivity contribution is 5.95. The van der Waals surface area contributed by atoms with Crippen molar-refractivity contribution < 1.29 is 23.4 Å². The van der Waals surface area contributed by atoms with Crippen LogP contribution in [-0.4, -0.2) is 37.0 Å². The fraction of sp³-hybridized carbons (Fsp3) is 0.238. The second-order valence-corrected chi connectivity index (χ2v) is 6.59. The number of nitrogens with one attached hydrogen (secondary N) is 1. The zero-order chi connectivity index (χ0) is 20.5. The van der Waals surface area contributed by atoms with E-state index in [2.05, 4.69) is 10.4 Å². The van der Waals surface area contributed by atoms with Crippen LogP contribution in [0.25, 0.3) is 5.69 Å². The van der Waals surface area contributed by atoms with Gasteiger partial charge in [-0.2, -0.15) is 5.10 Å². The molecule has 1 atom stereocenters. The highest BCUT2D eigenvalue weighted by Gasteiger charge is 2.33. The summed E-state index contributed by atoms with van der Waals surface area (Å²) in [7, 11) is 4.67. The number of ether oxygens (including phenoxy) is 3. The number of anilines is 1. The Bertz CT molecular complexity index is 1060. The van der Waals surface area contributed by atoms with Crippen LogP contribution in [0.3, 0.4) is 0 Å². The first-order valence-electron chi connectivity index (χ1n) is 8.99. The first kappa shape index (κ1) is 18.8. The molecule has 2 aromatic carbocycles. The summed E-state index contributed by atoms with van der Waals surface area (Å²) in [6.07, 6.45) is 1.94. The summed E-state index contributed by atoms with van der Waals surface area (Å²) in [5.41, 5.74) is 2.27. The Kier molecular flexibility index (Phi) is 4.84. The zero-order valence-electron chi connectivity index (χ0n) is 16.2. The number of amides is 1. The SMILES string of the molecule is COc1cc(OC)c([C@@H]2CC(=O)Nc3c2cnn3-c2ccc(F)cc2)cc1OC. The Labute approximate surface area is 167 Å². The van der Waals surface area contributed by atoms with Crippen molar-refractivity contribution in [3.05, 3.63) is 59.5 Å². The van der Waals surface area contributed by atoms with E-state index < -0.39 is 0 Å². The largest absolute Gasteiger partial charge is 0.496 e. The number of rotatable bonds is 5. The topological polar surface area (TPSA) is 74.6 Å². The van der Waals surface area contributed by atoms with Crippen molar-refractivity contribution in [2.45, 2.75) is 12.3 Å². The Hall–Kier alpha value is -3.55. The Balaban J connectivity index is 1.84. The summed E-state index contributed by atoms with van der Waals surface area (Å²) >= 11 is 0. The van der Waals surface area contributed by atoms with Crippen molar-refractivity contribution in [2.75, 3.05) is 26.6 Å². The lowest BCUT2D eigenvalue weighted by molar-refractivity contribution is -0.116. The van der Waals surface area contributed by atoms with Crippen molar-refractivity contribution in [3.8, 4) is 22.9 Å². The molecule has 150 valence electrons. The molecular formula is C21H20FN3O4. The van der Waals surface area contributed by atoms with E-state index >= 15 is 0 Å². The van der Waals surface area contributed by atoms with Crippen molar-refractivity contribution in [1.29, 1.82) is 0 Å². The number of fused-ring (bicyclic) bond motifs is 1. The third-order valence-electron chi connectivity index (χ3n) is 5.00. The fourth-order valence-corrected chi connectivity index (χ4v) is 3.60. The molecule has 7 nitrogen and oxygen atoms in total. The zero-order valence-corrected chi connectivity index (χ0v) is 16.2. The maximum absolute atomic E-state index is 13.3. The van der Waals surface area contributed by atoms with E-state index in [4.69, 9.17) is 14.2 Å². The second kappa shape index (κ2) is 7.46. The molecule has 8 heteroatoms. The lowest BCUT2D eigenvalue weighted by Crippen LogP contribution is -2.25. The number of hydrogen-bond donors (Lipinski definition) is 1. The van der Waals surface area contributed by atoms with Crippen molar-refractivity contribution in [2.24, 2.45) is 0 Å². The number of benzene rings is 2. The van der Waals surface area contributed by atoms with E-state index in [9.17, 15) is 9.18 Å². The standard InChI is InChI=1S/C21H20FN3O4/c1-27-17-10-19(29-3)18(28-2)8-15(17)14-9-20(26)24-21-16(14)11-23-25(21)13-6-4-12(22)5-7-13/h4-8,10-11,14H,9H2,1-3H3,(H,24,26)/t14-/m0/s1. The monoisotopic (exact) mass is 397 g/mol. The van der Waals surface area contributed by atoms with Gasteiger partial charge < -0.3 is 19.5 Å². The summed E-state index contributed by atoms with van der Waals surface area (Å²) in [4.78, 5) is 12.5. The van der Waals surface area contributed by atoms with Crippen LogP contribution >= 0.6 is 0 Å². The number of nitrogens with zero attached hydrogens (tertiary/aromatic N) is 2. The number of carbonyl (C=O) groups is 1. The van der Waals surface area contributed by atoms with Crippen LogP contribution in [0, 0.1) is 5.82 Å². The Morgan fingerprint density at radius 1 is 1.00 bits per heavy atom. The Morgan fingerprint density at radius 2 is 1.66 bits per heavy atom. The number of aromatic nitrogens is 2. The minimum atomic E-state index is -0.341. The molecular weight excluding hydrogens is 377 g/mol. The van der Waals surface area contributed by atoms with Crippen molar-refractivity contribution in [1.82, 2.24) is 9.78 Å². The smallest absolute Gasteiger partial charge is 0.226 e. The van der Waals surface area contributed by atoms with Gasteiger partial charge in [0, 0.05) is 29.5 Å². The fourth-order valence-electron chi connectivity index (χ4n) is 3.60. The van der Waals surface area contributed by atoms with Crippen LogP contribution in [-0.2, 0) is 4.79 Å². The van der Waals surface area contributed by atoms with Gasteiger partial charge in [0.25, 0.3) is 0 Å². The number of carbonyl (C=O) groups excluding carboxylic acids is 1. The van der Waals surface area contributed by atoms with Gasteiger partial charge in [-0.25, -0.2) is 9.07 Å². The predicted octanol–water partition coefficient (Wildman–Crippen LogP) is 3.51. The van der Waals surface area contributed by atoms with E-state index in [0.29, 0.717) is 28.8 Å². The maximum Gasteiger partial charge on any atom is 0.226 e. The summed E-state index contributed by atoms with van der Waals surface area (Å²) in [5, 5.41) is 7.30. The summed E-state index contributed by atoms with van der Waals surface area (Å²) in [5.74, 6) is 1.44. The minimum absolute atomic E-state index is 0.150. The van der Waals surface area contributed by atoms with E-state index in [0.717, 1.165) is 11.1 Å². The molecule has 0 spiro atoms. The molecule has 29 heavy (non-hydrogen) atoms. The molecule has 1 N–H and O–H groups in total. The number of halogens is 1. The van der Waals surface area contributed by atoms with Crippen LogP contribution in [0.2, 0.25) is 0 Å². The number of methoxy groups -OCH3 is 3. The van der Waals surface area contributed by atoms with Gasteiger partial charge in [-0.1, -0.05) is 0 Å². The predicted molar refractivity (Wildman–Crippen MR) is 105 cm³/mol. The molecule has 0 unspecified atom stereocenters. The molecule has 1 amide bonds. The molecule has 1 aliphatic heterocycles. The van der Waals surface area contributed by atoms with E-state index in [1.165, 1.54) is 12.1 Å². The van der Waals surface area contributed by atoms with Crippen LogP contribution in [0.15, 0.2) is 42.6 Å². The highest BCUT2D eigenvalue weighted by Crippen LogP contribution is 2.45. The van der Waals surface area contributed by atoms with Gasteiger partial charge in [-0.15, -0.1) is 0 Å². The normalized spacial score (nSPS) is 15.4.